The van der Waals surface area contributed by atoms with Crippen molar-refractivity contribution in [2.75, 3.05) is 13.2 Å². The molecule has 6 heteroatoms. The maximum absolute atomic E-state index is 12.0. The van der Waals surface area contributed by atoms with Crippen molar-refractivity contribution in [1.29, 1.82) is 0 Å². The average molecular weight is 715 g/mol. The molecule has 0 aliphatic heterocycles. The lowest BCUT2D eigenvalue weighted by molar-refractivity contribution is -0.152. The number of ether oxygens (including phenoxy) is 2. The maximum Gasteiger partial charge on any atom is 0.305 e. The highest BCUT2D eigenvalue weighted by molar-refractivity contribution is 5.89. The number of aliphatic hydroxyl groups is 1. The summed E-state index contributed by atoms with van der Waals surface area (Å²) in [6.07, 6.45) is 47.3. The van der Waals surface area contributed by atoms with Crippen LogP contribution >= 0.6 is 0 Å². The van der Waals surface area contributed by atoms with Crippen LogP contribution in [0, 0.1) is 0 Å². The number of ketones is 1. The molecule has 294 valence electrons. The molecule has 51 heavy (non-hydrogen) atoms. The minimum atomic E-state index is -1.00. The fourth-order valence-electron chi connectivity index (χ4n) is 5.80. The first-order chi connectivity index (χ1) is 25.0. The number of rotatable bonds is 38. The van der Waals surface area contributed by atoms with Crippen LogP contribution in [-0.2, 0) is 23.9 Å². The van der Waals surface area contributed by atoms with Gasteiger partial charge in [0.1, 0.15) is 19.3 Å². The largest absolute Gasteiger partial charge is 0.463 e. The molecule has 0 aliphatic carbocycles. The summed E-state index contributed by atoms with van der Waals surface area (Å²) >= 11 is 0. The molecule has 1 N–H and O–H groups in total. The molecular weight excluding hydrogens is 636 g/mol. The predicted molar refractivity (Wildman–Crippen MR) is 215 cm³/mol. The second kappa shape index (κ2) is 40.3. The Morgan fingerprint density at radius 2 is 0.863 bits per heavy atom. The van der Waals surface area contributed by atoms with E-state index < -0.39 is 6.10 Å². The molecule has 0 rings (SSSR count). The molecular formula is C45H78O6. The molecule has 6 nitrogen and oxygen atoms in total. The predicted octanol–water partition coefficient (Wildman–Crippen LogP) is 12.6. The van der Waals surface area contributed by atoms with Crippen LogP contribution < -0.4 is 0 Å². The number of hydrogen-bond donors (Lipinski definition) is 1. The van der Waals surface area contributed by atoms with Gasteiger partial charge in [0.2, 0.25) is 0 Å². The Hall–Kier alpha value is -2.47. The summed E-state index contributed by atoms with van der Waals surface area (Å²) in [5, 5.41) is 10.0. The van der Waals surface area contributed by atoms with Crippen LogP contribution in [0.25, 0.3) is 0 Å². The third-order valence-electron chi connectivity index (χ3n) is 9.04. The van der Waals surface area contributed by atoms with Crippen LogP contribution in [0.4, 0.5) is 0 Å². The van der Waals surface area contributed by atoms with Gasteiger partial charge in [0.25, 0.3) is 0 Å². The van der Waals surface area contributed by atoms with E-state index in [1.54, 1.807) is 6.08 Å². The van der Waals surface area contributed by atoms with E-state index >= 15 is 0 Å². The van der Waals surface area contributed by atoms with Crippen molar-refractivity contribution in [3.8, 4) is 0 Å². The summed E-state index contributed by atoms with van der Waals surface area (Å²) < 4.78 is 10.3. The van der Waals surface area contributed by atoms with E-state index in [-0.39, 0.29) is 37.4 Å². The second-order valence-electron chi connectivity index (χ2n) is 14.2. The quantitative estimate of drug-likeness (QED) is 0.0225. The van der Waals surface area contributed by atoms with Gasteiger partial charge >= 0.3 is 11.9 Å². The molecule has 0 heterocycles. The topological polar surface area (TPSA) is 89.9 Å². The van der Waals surface area contributed by atoms with Crippen molar-refractivity contribution >= 4 is 17.7 Å². The van der Waals surface area contributed by atoms with Crippen LogP contribution in [0.5, 0.6) is 0 Å². The van der Waals surface area contributed by atoms with Gasteiger partial charge in [0, 0.05) is 19.3 Å². The van der Waals surface area contributed by atoms with E-state index in [2.05, 4.69) is 38.2 Å². The van der Waals surface area contributed by atoms with E-state index in [0.29, 0.717) is 19.3 Å². The van der Waals surface area contributed by atoms with Crippen molar-refractivity contribution in [1.82, 2.24) is 0 Å². The highest BCUT2D eigenvalue weighted by Gasteiger charge is 2.12. The molecule has 0 amide bonds. The van der Waals surface area contributed by atoms with Crippen LogP contribution in [0.1, 0.15) is 200 Å². The van der Waals surface area contributed by atoms with Crippen LogP contribution in [0.2, 0.25) is 0 Å². The molecule has 0 aliphatic rings. The first-order valence-electron chi connectivity index (χ1n) is 21.1. The van der Waals surface area contributed by atoms with Crippen molar-refractivity contribution in [3.63, 3.8) is 0 Å². The van der Waals surface area contributed by atoms with Gasteiger partial charge in [-0.15, -0.1) is 0 Å². The van der Waals surface area contributed by atoms with E-state index in [0.717, 1.165) is 57.8 Å². The molecule has 0 bridgehead atoms. The van der Waals surface area contributed by atoms with Gasteiger partial charge in [-0.2, -0.15) is 0 Å². The highest BCUT2D eigenvalue weighted by atomic mass is 16.6. The Labute approximate surface area is 314 Å². The summed E-state index contributed by atoms with van der Waals surface area (Å²) in [7, 11) is 0. The number of hydrogen-bond acceptors (Lipinski definition) is 6. The van der Waals surface area contributed by atoms with E-state index in [1.807, 2.05) is 18.2 Å². The minimum Gasteiger partial charge on any atom is -0.463 e. The second-order valence-corrected chi connectivity index (χ2v) is 14.2. The Kier molecular flexibility index (Phi) is 38.4. The smallest absolute Gasteiger partial charge is 0.305 e. The van der Waals surface area contributed by atoms with Crippen LogP contribution in [-0.4, -0.2) is 42.1 Å². The Morgan fingerprint density at radius 1 is 0.471 bits per heavy atom. The SMILES string of the molecule is CCCCCCCCCCCCCCCCCCCCCC(=O)OC[C@H](O)COC(=O)CCC/C=C\C/C=C\C/C=C\C=C\C(=O)CCCCC. The fourth-order valence-corrected chi connectivity index (χ4v) is 5.80. The van der Waals surface area contributed by atoms with Crippen LogP contribution in [0.3, 0.4) is 0 Å². The van der Waals surface area contributed by atoms with E-state index in [1.165, 1.54) is 103 Å². The molecule has 0 saturated heterocycles. The number of allylic oxidation sites excluding steroid dienone is 8. The van der Waals surface area contributed by atoms with Gasteiger partial charge in [-0.1, -0.05) is 185 Å². The van der Waals surface area contributed by atoms with Gasteiger partial charge in [0.15, 0.2) is 5.78 Å². The molecule has 0 aromatic rings. The van der Waals surface area contributed by atoms with Gasteiger partial charge in [0.05, 0.1) is 0 Å². The maximum atomic E-state index is 12.0. The number of aliphatic hydroxyl groups excluding tert-OH is 1. The van der Waals surface area contributed by atoms with Gasteiger partial charge in [-0.25, -0.2) is 0 Å². The zero-order chi connectivity index (χ0) is 37.3. The van der Waals surface area contributed by atoms with Gasteiger partial charge in [-0.3, -0.25) is 14.4 Å². The number of esters is 2. The molecule has 0 saturated carbocycles. The first kappa shape index (κ1) is 48.5. The van der Waals surface area contributed by atoms with E-state index in [4.69, 9.17) is 9.47 Å². The summed E-state index contributed by atoms with van der Waals surface area (Å²) in [5.41, 5.74) is 0. The lowest BCUT2D eigenvalue weighted by atomic mass is 10.0. The molecule has 0 spiro atoms. The van der Waals surface area contributed by atoms with Crippen molar-refractivity contribution in [2.24, 2.45) is 0 Å². The zero-order valence-electron chi connectivity index (χ0n) is 33.1. The summed E-state index contributed by atoms with van der Waals surface area (Å²) in [4.78, 5) is 35.6. The molecule has 0 radical (unpaired) electrons. The van der Waals surface area contributed by atoms with Gasteiger partial charge < -0.3 is 14.6 Å². The van der Waals surface area contributed by atoms with E-state index in [9.17, 15) is 19.5 Å². The van der Waals surface area contributed by atoms with Crippen molar-refractivity contribution in [2.45, 2.75) is 206 Å². The zero-order valence-corrected chi connectivity index (χ0v) is 33.1. The van der Waals surface area contributed by atoms with Crippen LogP contribution in [0.15, 0.2) is 48.6 Å². The third-order valence-corrected chi connectivity index (χ3v) is 9.04. The lowest BCUT2D eigenvalue weighted by Gasteiger charge is -2.12. The van der Waals surface area contributed by atoms with Crippen molar-refractivity contribution < 1.29 is 29.0 Å². The minimum absolute atomic E-state index is 0.146. The summed E-state index contributed by atoms with van der Waals surface area (Å²) in [6.45, 7) is 4.10. The summed E-state index contributed by atoms with van der Waals surface area (Å²) in [5.74, 6) is -0.469. The third kappa shape index (κ3) is 40.2. The normalized spacial score (nSPS) is 12.5. The standard InChI is InChI=1S/C45H78O6/c1-3-5-7-8-9-10-11-12-13-14-15-16-17-18-21-24-27-30-34-38-44(48)50-40-43(47)41-51-45(49)39-35-31-28-25-22-19-20-23-26-29-33-37-42(46)36-32-6-4-2/h19-20,25-26,28-29,33,37,43,47H,3-18,21-24,27,30-32,34-36,38-41H2,1-2H3/b20-19-,28-25-,29-26-,37-33+/t43-/m0/s1. The molecule has 0 aromatic heterocycles. The fraction of sp³-hybridized carbons (Fsp3) is 0.756. The van der Waals surface area contributed by atoms with Crippen molar-refractivity contribution in [3.05, 3.63) is 48.6 Å². The Morgan fingerprint density at radius 3 is 1.37 bits per heavy atom. The molecule has 1 atom stereocenters. The highest BCUT2D eigenvalue weighted by Crippen LogP contribution is 2.15. The molecule has 0 aromatic carbocycles. The van der Waals surface area contributed by atoms with Gasteiger partial charge in [-0.05, 0) is 44.6 Å². The Bertz CT molecular complexity index is 918. The number of unbranched alkanes of at least 4 members (excludes halogenated alkanes) is 21. The summed E-state index contributed by atoms with van der Waals surface area (Å²) in [6, 6.07) is 0. The first-order valence-corrected chi connectivity index (χ1v) is 21.1. The molecule has 0 unspecified atom stereocenters. The number of carbonyl (C=O) groups is 3. The Balaban J connectivity index is 3.53. The lowest BCUT2D eigenvalue weighted by Crippen LogP contribution is -2.25. The molecule has 0 fully saturated rings. The number of carbonyl (C=O) groups excluding carboxylic acids is 3. The monoisotopic (exact) mass is 715 g/mol. The average Bonchev–Trinajstić information content (AvgIpc) is 3.12.